The van der Waals surface area contributed by atoms with E-state index in [4.69, 9.17) is 0 Å². The molecule has 1 saturated heterocycles. The van der Waals surface area contributed by atoms with E-state index in [0.29, 0.717) is 5.92 Å². The molecule has 0 spiro atoms. The average molecular weight is 239 g/mol. The van der Waals surface area contributed by atoms with Crippen LogP contribution in [0, 0.1) is 5.92 Å². The van der Waals surface area contributed by atoms with E-state index in [1.807, 2.05) is 0 Å². The molecule has 2 nitrogen and oxygen atoms in total. The van der Waals surface area contributed by atoms with Crippen LogP contribution in [0.3, 0.4) is 0 Å². The number of nitrogens with zero attached hydrogens (tertiary/aromatic N) is 1. The summed E-state index contributed by atoms with van der Waals surface area (Å²) in [6.07, 6.45) is 11.8. The van der Waals surface area contributed by atoms with Crippen molar-refractivity contribution in [2.75, 3.05) is 13.1 Å². The monoisotopic (exact) mass is 239 g/mol. The van der Waals surface area contributed by atoms with Crippen molar-refractivity contribution in [2.24, 2.45) is 5.92 Å². The summed E-state index contributed by atoms with van der Waals surface area (Å²) in [6.45, 7) is 4.44. The Morgan fingerprint density at radius 3 is 2.47 bits per heavy atom. The largest absolute Gasteiger partial charge is 0.392 e. The van der Waals surface area contributed by atoms with Crippen molar-refractivity contribution >= 4 is 0 Å². The van der Waals surface area contributed by atoms with Crippen LogP contribution in [-0.4, -0.2) is 35.2 Å². The molecule has 1 aliphatic carbocycles. The van der Waals surface area contributed by atoms with Crippen molar-refractivity contribution in [1.29, 1.82) is 0 Å². The van der Waals surface area contributed by atoms with Crippen LogP contribution in [0.1, 0.15) is 64.7 Å². The van der Waals surface area contributed by atoms with E-state index in [1.54, 1.807) is 0 Å². The highest BCUT2D eigenvalue weighted by Crippen LogP contribution is 2.29. The Balaban J connectivity index is 1.85. The molecular formula is C15H29NO. The Kier molecular flexibility index (Phi) is 5.30. The van der Waals surface area contributed by atoms with Gasteiger partial charge < -0.3 is 5.11 Å². The zero-order valence-corrected chi connectivity index (χ0v) is 11.4. The SMILES string of the molecule is CCC1CCCCCN1CC(O)C1CCCC1. The normalized spacial score (nSPS) is 30.4. The lowest BCUT2D eigenvalue weighted by Crippen LogP contribution is -2.42. The van der Waals surface area contributed by atoms with Crippen LogP contribution in [0.4, 0.5) is 0 Å². The van der Waals surface area contributed by atoms with E-state index in [9.17, 15) is 5.11 Å². The van der Waals surface area contributed by atoms with E-state index in [1.165, 1.54) is 64.3 Å². The molecule has 0 radical (unpaired) electrons. The molecular weight excluding hydrogens is 210 g/mol. The maximum Gasteiger partial charge on any atom is 0.0695 e. The van der Waals surface area contributed by atoms with Gasteiger partial charge in [-0.05, 0) is 44.6 Å². The fourth-order valence-electron chi connectivity index (χ4n) is 3.67. The first-order chi connectivity index (χ1) is 8.31. The number of β-amino-alcohol motifs (C(OH)–C–C–N with tert-alkyl or cyclic N) is 1. The van der Waals surface area contributed by atoms with E-state index in [0.717, 1.165) is 12.6 Å². The number of likely N-dealkylation sites (tertiary alicyclic amines) is 1. The van der Waals surface area contributed by atoms with Gasteiger partial charge >= 0.3 is 0 Å². The van der Waals surface area contributed by atoms with Crippen molar-refractivity contribution in [3.05, 3.63) is 0 Å². The maximum absolute atomic E-state index is 10.4. The summed E-state index contributed by atoms with van der Waals surface area (Å²) in [5, 5.41) is 10.4. The summed E-state index contributed by atoms with van der Waals surface area (Å²) >= 11 is 0. The fourth-order valence-corrected chi connectivity index (χ4v) is 3.67. The molecule has 17 heavy (non-hydrogen) atoms. The van der Waals surface area contributed by atoms with Gasteiger partial charge in [-0.1, -0.05) is 32.6 Å². The van der Waals surface area contributed by atoms with Crippen molar-refractivity contribution in [3.8, 4) is 0 Å². The van der Waals surface area contributed by atoms with Crippen LogP contribution in [0.15, 0.2) is 0 Å². The van der Waals surface area contributed by atoms with Gasteiger partial charge in [-0.25, -0.2) is 0 Å². The molecule has 1 saturated carbocycles. The quantitative estimate of drug-likeness (QED) is 0.814. The first-order valence-corrected chi connectivity index (χ1v) is 7.73. The number of aliphatic hydroxyl groups is 1. The molecule has 100 valence electrons. The minimum atomic E-state index is -0.0651. The minimum absolute atomic E-state index is 0.0651. The Bertz CT molecular complexity index is 213. The highest BCUT2D eigenvalue weighted by molar-refractivity contribution is 4.81. The van der Waals surface area contributed by atoms with E-state index >= 15 is 0 Å². The Hall–Kier alpha value is -0.0800. The van der Waals surface area contributed by atoms with Crippen LogP contribution in [0.5, 0.6) is 0 Å². The predicted octanol–water partition coefficient (Wildman–Crippen LogP) is 3.19. The Morgan fingerprint density at radius 2 is 1.76 bits per heavy atom. The van der Waals surface area contributed by atoms with Crippen LogP contribution in [0.25, 0.3) is 0 Å². The van der Waals surface area contributed by atoms with E-state index in [-0.39, 0.29) is 6.10 Å². The predicted molar refractivity (Wildman–Crippen MR) is 72.1 cm³/mol. The zero-order chi connectivity index (χ0) is 12.1. The second-order valence-electron chi connectivity index (χ2n) is 6.02. The summed E-state index contributed by atoms with van der Waals surface area (Å²) in [5.74, 6) is 0.593. The Labute approximate surface area is 106 Å². The van der Waals surface area contributed by atoms with Crippen LogP contribution in [-0.2, 0) is 0 Å². The summed E-state index contributed by atoms with van der Waals surface area (Å²) in [5.41, 5.74) is 0. The molecule has 1 aliphatic heterocycles. The fraction of sp³-hybridized carbons (Fsp3) is 1.00. The van der Waals surface area contributed by atoms with Crippen molar-refractivity contribution in [2.45, 2.75) is 76.9 Å². The average Bonchev–Trinajstić information content (AvgIpc) is 2.78. The van der Waals surface area contributed by atoms with Crippen molar-refractivity contribution in [1.82, 2.24) is 4.90 Å². The molecule has 2 fully saturated rings. The molecule has 0 aromatic heterocycles. The lowest BCUT2D eigenvalue weighted by molar-refractivity contribution is 0.0483. The van der Waals surface area contributed by atoms with E-state index < -0.39 is 0 Å². The molecule has 0 bridgehead atoms. The lowest BCUT2D eigenvalue weighted by atomic mass is 9.99. The maximum atomic E-state index is 10.4. The van der Waals surface area contributed by atoms with Gasteiger partial charge in [-0.15, -0.1) is 0 Å². The standard InChI is InChI=1S/C15H29NO/c1-2-14-10-4-3-7-11-16(14)12-15(17)13-8-5-6-9-13/h13-15,17H,2-12H2,1H3. The summed E-state index contributed by atoms with van der Waals surface area (Å²) in [7, 11) is 0. The lowest BCUT2D eigenvalue weighted by Gasteiger charge is -2.32. The molecule has 0 aromatic rings. The number of hydrogen-bond donors (Lipinski definition) is 1. The van der Waals surface area contributed by atoms with Gasteiger partial charge in [-0.2, -0.15) is 0 Å². The highest BCUT2D eigenvalue weighted by atomic mass is 16.3. The van der Waals surface area contributed by atoms with Gasteiger partial charge in [0.25, 0.3) is 0 Å². The minimum Gasteiger partial charge on any atom is -0.392 e. The molecule has 2 unspecified atom stereocenters. The third-order valence-corrected chi connectivity index (χ3v) is 4.84. The zero-order valence-electron chi connectivity index (χ0n) is 11.4. The summed E-state index contributed by atoms with van der Waals surface area (Å²) in [4.78, 5) is 2.58. The number of aliphatic hydroxyl groups excluding tert-OH is 1. The second kappa shape index (κ2) is 6.75. The van der Waals surface area contributed by atoms with Crippen LogP contribution >= 0.6 is 0 Å². The van der Waals surface area contributed by atoms with Gasteiger partial charge in [0, 0.05) is 12.6 Å². The smallest absolute Gasteiger partial charge is 0.0695 e. The summed E-state index contributed by atoms with van der Waals surface area (Å²) in [6, 6.07) is 0.730. The van der Waals surface area contributed by atoms with Crippen LogP contribution < -0.4 is 0 Å². The molecule has 2 atom stereocenters. The highest BCUT2D eigenvalue weighted by Gasteiger charge is 2.27. The summed E-state index contributed by atoms with van der Waals surface area (Å²) < 4.78 is 0. The Morgan fingerprint density at radius 1 is 1.06 bits per heavy atom. The second-order valence-corrected chi connectivity index (χ2v) is 6.02. The van der Waals surface area contributed by atoms with Crippen molar-refractivity contribution < 1.29 is 5.11 Å². The van der Waals surface area contributed by atoms with Crippen LogP contribution in [0.2, 0.25) is 0 Å². The third kappa shape index (κ3) is 3.69. The molecule has 2 heteroatoms. The van der Waals surface area contributed by atoms with Gasteiger partial charge in [0.2, 0.25) is 0 Å². The van der Waals surface area contributed by atoms with E-state index in [2.05, 4.69) is 11.8 Å². The topological polar surface area (TPSA) is 23.5 Å². The first kappa shape index (κ1) is 13.4. The number of hydrogen-bond acceptors (Lipinski definition) is 2. The first-order valence-electron chi connectivity index (χ1n) is 7.73. The molecule has 0 aromatic carbocycles. The van der Waals surface area contributed by atoms with Gasteiger partial charge in [0.05, 0.1) is 6.10 Å². The number of rotatable bonds is 4. The molecule has 2 rings (SSSR count). The van der Waals surface area contributed by atoms with Gasteiger partial charge in [-0.3, -0.25) is 4.90 Å². The van der Waals surface area contributed by atoms with Gasteiger partial charge in [0.1, 0.15) is 0 Å². The third-order valence-electron chi connectivity index (χ3n) is 4.84. The molecule has 2 aliphatic rings. The van der Waals surface area contributed by atoms with Gasteiger partial charge in [0.15, 0.2) is 0 Å². The van der Waals surface area contributed by atoms with Crippen molar-refractivity contribution in [3.63, 3.8) is 0 Å². The molecule has 1 N–H and O–H groups in total. The molecule has 1 heterocycles. The molecule has 0 amide bonds.